The number of carbonyl (C=O) groups excluding carboxylic acids is 1. The second-order valence-corrected chi connectivity index (χ2v) is 6.03. The second-order valence-electron chi connectivity index (χ2n) is 5.59. The quantitative estimate of drug-likeness (QED) is 0.793. The first-order valence-electron chi connectivity index (χ1n) is 7.08. The minimum Gasteiger partial charge on any atom is -0.397 e. The first-order chi connectivity index (χ1) is 9.54. The molecule has 1 aromatic carbocycles. The molecular formula is C15H22ClN3O. The van der Waals surface area contributed by atoms with Crippen molar-refractivity contribution in [1.82, 2.24) is 4.90 Å². The molecule has 0 unspecified atom stereocenters. The zero-order valence-electron chi connectivity index (χ0n) is 11.9. The first kappa shape index (κ1) is 15.1. The third-order valence-corrected chi connectivity index (χ3v) is 4.04. The smallest absolute Gasteiger partial charge is 0.225 e. The lowest BCUT2D eigenvalue weighted by Crippen LogP contribution is -2.31. The highest BCUT2D eigenvalue weighted by atomic mass is 35.5. The van der Waals surface area contributed by atoms with Gasteiger partial charge in [0, 0.05) is 24.5 Å². The number of carbonyl (C=O) groups is 1. The van der Waals surface area contributed by atoms with Gasteiger partial charge in [0.25, 0.3) is 0 Å². The monoisotopic (exact) mass is 295 g/mol. The highest BCUT2D eigenvalue weighted by molar-refractivity contribution is 6.31. The lowest BCUT2D eigenvalue weighted by Gasteiger charge is -2.30. The molecule has 5 heteroatoms. The van der Waals surface area contributed by atoms with Gasteiger partial charge >= 0.3 is 0 Å². The number of anilines is 2. The van der Waals surface area contributed by atoms with Gasteiger partial charge in [-0.1, -0.05) is 18.0 Å². The molecule has 1 saturated carbocycles. The molecule has 1 fully saturated rings. The van der Waals surface area contributed by atoms with Crippen LogP contribution in [0, 0.1) is 5.92 Å². The summed E-state index contributed by atoms with van der Waals surface area (Å²) in [6.07, 6.45) is 4.48. The van der Waals surface area contributed by atoms with Gasteiger partial charge in [0.2, 0.25) is 5.91 Å². The summed E-state index contributed by atoms with van der Waals surface area (Å²) >= 11 is 5.89. The zero-order valence-corrected chi connectivity index (χ0v) is 12.6. The Morgan fingerprint density at radius 2 is 2.25 bits per heavy atom. The Balaban J connectivity index is 1.75. The van der Waals surface area contributed by atoms with Crippen molar-refractivity contribution in [2.24, 2.45) is 5.92 Å². The Hall–Kier alpha value is -1.26. The van der Waals surface area contributed by atoms with Crippen molar-refractivity contribution in [3.63, 3.8) is 0 Å². The van der Waals surface area contributed by atoms with Crippen LogP contribution >= 0.6 is 11.6 Å². The highest BCUT2D eigenvalue weighted by Gasteiger charge is 2.19. The molecule has 110 valence electrons. The molecule has 1 amide bonds. The molecule has 0 heterocycles. The van der Waals surface area contributed by atoms with Gasteiger partial charge in [0.1, 0.15) is 0 Å². The van der Waals surface area contributed by atoms with Crippen LogP contribution in [-0.4, -0.2) is 30.9 Å². The van der Waals surface area contributed by atoms with Gasteiger partial charge in [0.15, 0.2) is 0 Å². The molecule has 0 aliphatic heterocycles. The van der Waals surface area contributed by atoms with Crippen molar-refractivity contribution in [3.8, 4) is 0 Å². The van der Waals surface area contributed by atoms with E-state index in [1.165, 1.54) is 19.3 Å². The van der Waals surface area contributed by atoms with Crippen LogP contribution < -0.4 is 11.1 Å². The number of hydrogen-bond acceptors (Lipinski definition) is 3. The van der Waals surface area contributed by atoms with Crippen LogP contribution in [0.1, 0.15) is 25.7 Å². The largest absolute Gasteiger partial charge is 0.397 e. The number of amides is 1. The van der Waals surface area contributed by atoms with Crippen LogP contribution in [-0.2, 0) is 4.79 Å². The van der Waals surface area contributed by atoms with Crippen LogP contribution in [0.15, 0.2) is 18.2 Å². The maximum atomic E-state index is 11.9. The van der Waals surface area contributed by atoms with Gasteiger partial charge in [-0.3, -0.25) is 4.79 Å². The molecule has 1 aliphatic rings. The summed E-state index contributed by atoms with van der Waals surface area (Å²) in [7, 11) is 2.07. The Morgan fingerprint density at radius 1 is 1.50 bits per heavy atom. The van der Waals surface area contributed by atoms with Crippen LogP contribution in [0.25, 0.3) is 0 Å². The van der Waals surface area contributed by atoms with E-state index in [1.54, 1.807) is 18.2 Å². The predicted molar refractivity (Wildman–Crippen MR) is 83.9 cm³/mol. The maximum absolute atomic E-state index is 11.9. The molecule has 1 aromatic rings. The molecule has 0 saturated heterocycles. The minimum atomic E-state index is -0.0283. The van der Waals surface area contributed by atoms with Crippen LogP contribution in [0.4, 0.5) is 11.4 Å². The predicted octanol–water partition coefficient (Wildman–Crippen LogP) is 2.98. The van der Waals surface area contributed by atoms with Crippen LogP contribution in [0.2, 0.25) is 5.02 Å². The number of nitrogens with two attached hydrogens (primary N) is 1. The van der Waals surface area contributed by atoms with Gasteiger partial charge < -0.3 is 16.0 Å². The summed E-state index contributed by atoms with van der Waals surface area (Å²) in [5, 5.41) is 3.38. The van der Waals surface area contributed by atoms with E-state index >= 15 is 0 Å². The fourth-order valence-corrected chi connectivity index (χ4v) is 2.52. The third kappa shape index (κ3) is 4.39. The van der Waals surface area contributed by atoms with E-state index in [2.05, 4.69) is 17.3 Å². The van der Waals surface area contributed by atoms with E-state index in [-0.39, 0.29) is 5.91 Å². The van der Waals surface area contributed by atoms with Crippen molar-refractivity contribution in [1.29, 1.82) is 0 Å². The number of halogens is 1. The minimum absolute atomic E-state index is 0.0283. The zero-order chi connectivity index (χ0) is 14.5. The van der Waals surface area contributed by atoms with Crippen molar-refractivity contribution < 1.29 is 4.79 Å². The number of nitrogens with zero attached hydrogens (tertiary/aromatic N) is 1. The van der Waals surface area contributed by atoms with E-state index in [1.807, 2.05) is 0 Å². The molecule has 20 heavy (non-hydrogen) atoms. The van der Waals surface area contributed by atoms with E-state index in [9.17, 15) is 4.79 Å². The molecular weight excluding hydrogens is 274 g/mol. The molecule has 1 aliphatic carbocycles. The summed E-state index contributed by atoms with van der Waals surface area (Å²) in [6, 6.07) is 5.08. The molecule has 0 bridgehead atoms. The Morgan fingerprint density at radius 3 is 2.90 bits per heavy atom. The van der Waals surface area contributed by atoms with Gasteiger partial charge in [-0.2, -0.15) is 0 Å². The molecule has 0 radical (unpaired) electrons. The normalized spacial score (nSPS) is 15.2. The SMILES string of the molecule is CN(CCC(=O)Nc1cc(Cl)ccc1N)CC1CCC1. The highest BCUT2D eigenvalue weighted by Crippen LogP contribution is 2.26. The van der Waals surface area contributed by atoms with E-state index in [4.69, 9.17) is 17.3 Å². The van der Waals surface area contributed by atoms with Gasteiger partial charge in [0.05, 0.1) is 11.4 Å². The number of hydrogen-bond donors (Lipinski definition) is 2. The summed E-state index contributed by atoms with van der Waals surface area (Å²) in [6.45, 7) is 1.86. The average Bonchev–Trinajstić information content (AvgIpc) is 2.36. The standard InChI is InChI=1S/C15H22ClN3O/c1-19(10-11-3-2-4-11)8-7-15(20)18-14-9-12(16)5-6-13(14)17/h5-6,9,11H,2-4,7-8,10,17H2,1H3,(H,18,20). The van der Waals surface area contributed by atoms with Gasteiger partial charge in [-0.15, -0.1) is 0 Å². The summed E-state index contributed by atoms with van der Waals surface area (Å²) in [4.78, 5) is 14.1. The Labute approximate surface area is 125 Å². The Kier molecular flexibility index (Phi) is 5.26. The summed E-state index contributed by atoms with van der Waals surface area (Å²) in [5.41, 5.74) is 6.92. The van der Waals surface area contributed by atoms with Crippen LogP contribution in [0.3, 0.4) is 0 Å². The number of benzene rings is 1. The molecule has 2 rings (SSSR count). The van der Waals surface area contributed by atoms with Crippen LogP contribution in [0.5, 0.6) is 0 Å². The van der Waals surface area contributed by atoms with Gasteiger partial charge in [-0.25, -0.2) is 0 Å². The molecule has 0 spiro atoms. The topological polar surface area (TPSA) is 58.4 Å². The lowest BCUT2D eigenvalue weighted by atomic mass is 9.85. The fourth-order valence-electron chi connectivity index (χ4n) is 2.35. The molecule has 0 aromatic heterocycles. The second kappa shape index (κ2) is 6.95. The third-order valence-electron chi connectivity index (χ3n) is 3.80. The average molecular weight is 296 g/mol. The number of rotatable bonds is 6. The van der Waals surface area contributed by atoms with Crippen molar-refractivity contribution in [2.45, 2.75) is 25.7 Å². The van der Waals surface area contributed by atoms with Gasteiger partial charge in [-0.05, 0) is 44.0 Å². The van der Waals surface area contributed by atoms with E-state index < -0.39 is 0 Å². The van der Waals surface area contributed by atoms with Crippen molar-refractivity contribution in [3.05, 3.63) is 23.2 Å². The number of nitrogen functional groups attached to an aromatic ring is 1. The van der Waals surface area contributed by atoms with E-state index in [0.29, 0.717) is 22.8 Å². The maximum Gasteiger partial charge on any atom is 0.225 e. The molecule has 3 N–H and O–H groups in total. The first-order valence-corrected chi connectivity index (χ1v) is 7.46. The fraction of sp³-hybridized carbons (Fsp3) is 0.533. The lowest BCUT2D eigenvalue weighted by molar-refractivity contribution is -0.116. The Bertz CT molecular complexity index is 474. The van der Waals surface area contributed by atoms with E-state index in [0.717, 1.165) is 19.0 Å². The van der Waals surface area contributed by atoms with Crippen molar-refractivity contribution in [2.75, 3.05) is 31.2 Å². The summed E-state index contributed by atoms with van der Waals surface area (Å²) in [5.74, 6) is 0.797. The number of nitrogens with one attached hydrogen (secondary N) is 1. The van der Waals surface area contributed by atoms with Crippen molar-refractivity contribution >= 4 is 28.9 Å². The molecule has 4 nitrogen and oxygen atoms in total. The summed E-state index contributed by atoms with van der Waals surface area (Å²) < 4.78 is 0. The molecule has 0 atom stereocenters.